The van der Waals surface area contributed by atoms with Crippen LogP contribution in [0.1, 0.15) is 37.3 Å². The number of ether oxygens (including phenoxy) is 1. The molecule has 0 bridgehead atoms. The Hall–Kier alpha value is -2.85. The minimum Gasteiger partial charge on any atom is -0.494 e. The van der Waals surface area contributed by atoms with Gasteiger partial charge >= 0.3 is 0 Å². The van der Waals surface area contributed by atoms with E-state index in [9.17, 15) is 4.79 Å². The summed E-state index contributed by atoms with van der Waals surface area (Å²) in [7, 11) is 0. The molecule has 0 saturated heterocycles. The molecule has 1 aromatic carbocycles. The molecule has 0 aliphatic carbocycles. The van der Waals surface area contributed by atoms with Gasteiger partial charge in [-0.05, 0) is 45.0 Å². The Kier molecular flexibility index (Phi) is 5.24. The zero-order chi connectivity index (χ0) is 18.7. The van der Waals surface area contributed by atoms with Crippen molar-refractivity contribution < 1.29 is 9.53 Å². The van der Waals surface area contributed by atoms with Gasteiger partial charge in [0.15, 0.2) is 10.5 Å². The highest BCUT2D eigenvalue weighted by molar-refractivity contribution is 7.16. The van der Waals surface area contributed by atoms with Crippen molar-refractivity contribution >= 4 is 27.5 Å². The third-order valence-electron chi connectivity index (χ3n) is 3.77. The van der Waals surface area contributed by atoms with E-state index < -0.39 is 0 Å². The Bertz CT molecular complexity index is 1050. The van der Waals surface area contributed by atoms with E-state index in [1.165, 1.54) is 11.3 Å². The number of benzene rings is 1. The highest BCUT2D eigenvalue weighted by Crippen LogP contribution is 2.23. The molecule has 0 unspecified atom stereocenters. The van der Waals surface area contributed by atoms with Crippen molar-refractivity contribution in [2.75, 3.05) is 6.61 Å². The summed E-state index contributed by atoms with van der Waals surface area (Å²) in [5.41, 5.74) is 1.24. The molecule has 0 N–H and O–H groups in total. The van der Waals surface area contributed by atoms with Crippen LogP contribution in [0.4, 0.5) is 0 Å². The summed E-state index contributed by atoms with van der Waals surface area (Å²) >= 11 is 1.41. The van der Waals surface area contributed by atoms with Gasteiger partial charge in [-0.15, -0.1) is 6.42 Å². The molecule has 6 nitrogen and oxygen atoms in total. The van der Waals surface area contributed by atoms with Crippen LogP contribution in [0.25, 0.3) is 10.2 Å². The average molecular weight is 368 g/mol. The average Bonchev–Trinajstić information content (AvgIpc) is 3.21. The highest BCUT2D eigenvalue weighted by atomic mass is 32.1. The zero-order valence-electron chi connectivity index (χ0n) is 15.0. The summed E-state index contributed by atoms with van der Waals surface area (Å²) in [4.78, 5) is 17.3. The van der Waals surface area contributed by atoms with Crippen LogP contribution in [0.2, 0.25) is 0 Å². The van der Waals surface area contributed by atoms with Gasteiger partial charge in [0.2, 0.25) is 0 Å². The van der Waals surface area contributed by atoms with Crippen LogP contribution in [-0.4, -0.2) is 26.9 Å². The molecule has 134 valence electrons. The van der Waals surface area contributed by atoms with Crippen LogP contribution >= 0.6 is 11.3 Å². The van der Waals surface area contributed by atoms with Crippen molar-refractivity contribution in [1.82, 2.24) is 14.3 Å². The fourth-order valence-electron chi connectivity index (χ4n) is 2.52. The molecule has 0 atom stereocenters. The predicted molar refractivity (Wildman–Crippen MR) is 102 cm³/mol. The van der Waals surface area contributed by atoms with E-state index in [1.807, 2.05) is 43.5 Å². The first-order valence-electron chi connectivity index (χ1n) is 8.37. The topological polar surface area (TPSA) is 61.4 Å². The molecule has 2 aromatic heterocycles. The van der Waals surface area contributed by atoms with Crippen LogP contribution in [0.15, 0.2) is 35.5 Å². The van der Waals surface area contributed by atoms with E-state index in [2.05, 4.69) is 16.0 Å². The van der Waals surface area contributed by atoms with Gasteiger partial charge in [0.05, 0.1) is 23.4 Å². The quantitative estimate of drug-likeness (QED) is 0.650. The molecule has 7 heteroatoms. The lowest BCUT2D eigenvalue weighted by atomic mass is 10.3. The van der Waals surface area contributed by atoms with Crippen molar-refractivity contribution in [3.8, 4) is 18.1 Å². The van der Waals surface area contributed by atoms with Crippen LogP contribution in [0, 0.1) is 12.3 Å². The number of carbonyl (C=O) groups is 1. The Morgan fingerprint density at radius 1 is 1.42 bits per heavy atom. The Labute approximate surface area is 155 Å². The van der Waals surface area contributed by atoms with Crippen molar-refractivity contribution in [1.29, 1.82) is 0 Å². The maximum Gasteiger partial charge on any atom is 0.300 e. The van der Waals surface area contributed by atoms with Crippen LogP contribution in [0.5, 0.6) is 5.75 Å². The highest BCUT2D eigenvalue weighted by Gasteiger charge is 2.12. The first kappa shape index (κ1) is 18.0. The SMILES string of the molecule is C#CCn1c(=NC(=O)c2ccn(C(C)C)n2)sc2cc(OCC)ccc21. The summed E-state index contributed by atoms with van der Waals surface area (Å²) < 4.78 is 10.1. The van der Waals surface area contributed by atoms with Crippen LogP contribution in [0.3, 0.4) is 0 Å². The van der Waals surface area contributed by atoms with Crippen molar-refractivity contribution in [2.45, 2.75) is 33.4 Å². The molecule has 0 radical (unpaired) electrons. The molecule has 2 heterocycles. The van der Waals surface area contributed by atoms with E-state index >= 15 is 0 Å². The Morgan fingerprint density at radius 2 is 2.23 bits per heavy atom. The maximum absolute atomic E-state index is 12.5. The maximum atomic E-state index is 12.5. The monoisotopic (exact) mass is 368 g/mol. The lowest BCUT2D eigenvalue weighted by molar-refractivity contribution is 0.0992. The zero-order valence-corrected chi connectivity index (χ0v) is 15.8. The molecule has 1 amide bonds. The molecule has 0 saturated carbocycles. The molecular weight excluding hydrogens is 348 g/mol. The summed E-state index contributed by atoms with van der Waals surface area (Å²) in [5.74, 6) is 3.02. The standard InChI is InChI=1S/C19H20N4O2S/c1-5-10-22-16-8-7-14(25-6-2)12-17(16)26-19(22)20-18(24)15-9-11-23(21-15)13(3)4/h1,7-9,11-13H,6,10H2,2-4H3. The van der Waals surface area contributed by atoms with Crippen molar-refractivity contribution in [3.05, 3.63) is 41.0 Å². The fourth-order valence-corrected chi connectivity index (χ4v) is 3.58. The van der Waals surface area contributed by atoms with E-state index in [4.69, 9.17) is 11.2 Å². The smallest absolute Gasteiger partial charge is 0.300 e. The lowest BCUT2D eigenvalue weighted by Gasteiger charge is -2.03. The predicted octanol–water partition coefficient (Wildman–Crippen LogP) is 3.25. The summed E-state index contributed by atoms with van der Waals surface area (Å²) in [6, 6.07) is 7.63. The summed E-state index contributed by atoms with van der Waals surface area (Å²) in [5, 5.41) is 4.28. The van der Waals surface area contributed by atoms with E-state index in [0.29, 0.717) is 23.6 Å². The molecule has 26 heavy (non-hydrogen) atoms. The Morgan fingerprint density at radius 3 is 2.88 bits per heavy atom. The third-order valence-corrected chi connectivity index (χ3v) is 4.81. The molecule has 0 spiro atoms. The second-order valence-electron chi connectivity index (χ2n) is 5.93. The van der Waals surface area contributed by atoms with Crippen molar-refractivity contribution in [2.24, 2.45) is 4.99 Å². The Balaban J connectivity index is 2.06. The van der Waals surface area contributed by atoms with Crippen LogP contribution < -0.4 is 9.54 Å². The van der Waals surface area contributed by atoms with Gasteiger partial charge in [0.1, 0.15) is 5.75 Å². The molecule has 0 aliphatic rings. The van der Waals surface area contributed by atoms with Gasteiger partial charge in [-0.2, -0.15) is 10.1 Å². The van der Waals surface area contributed by atoms with Gasteiger partial charge in [-0.25, -0.2) is 0 Å². The second kappa shape index (κ2) is 7.58. The number of hydrogen-bond donors (Lipinski definition) is 0. The number of amides is 1. The lowest BCUT2D eigenvalue weighted by Crippen LogP contribution is -2.16. The molecule has 3 aromatic rings. The van der Waals surface area contributed by atoms with Gasteiger partial charge in [0, 0.05) is 12.2 Å². The fraction of sp³-hybridized carbons (Fsp3) is 0.316. The van der Waals surface area contributed by atoms with Gasteiger partial charge in [-0.3, -0.25) is 9.48 Å². The molecule has 0 fully saturated rings. The number of fused-ring (bicyclic) bond motifs is 1. The van der Waals surface area contributed by atoms with Gasteiger partial charge in [-0.1, -0.05) is 17.3 Å². The second-order valence-corrected chi connectivity index (χ2v) is 6.94. The third kappa shape index (κ3) is 3.55. The number of carbonyl (C=O) groups excluding carboxylic acids is 1. The van der Waals surface area contributed by atoms with Crippen LogP contribution in [-0.2, 0) is 6.54 Å². The number of rotatable bonds is 5. The molecular formula is C19H20N4O2S. The van der Waals surface area contributed by atoms with Gasteiger partial charge < -0.3 is 9.30 Å². The molecule has 0 aliphatic heterocycles. The van der Waals surface area contributed by atoms with E-state index in [-0.39, 0.29) is 11.9 Å². The van der Waals surface area contributed by atoms with Gasteiger partial charge in [0.25, 0.3) is 5.91 Å². The summed E-state index contributed by atoms with van der Waals surface area (Å²) in [6.45, 7) is 6.87. The number of hydrogen-bond acceptors (Lipinski definition) is 4. The normalized spacial score (nSPS) is 11.9. The summed E-state index contributed by atoms with van der Waals surface area (Å²) in [6.07, 6.45) is 7.28. The number of nitrogens with zero attached hydrogens (tertiary/aromatic N) is 4. The first-order chi connectivity index (χ1) is 12.5. The minimum absolute atomic E-state index is 0.184. The van der Waals surface area contributed by atoms with Crippen molar-refractivity contribution in [3.63, 3.8) is 0 Å². The largest absolute Gasteiger partial charge is 0.494 e. The first-order valence-corrected chi connectivity index (χ1v) is 9.19. The van der Waals surface area contributed by atoms with E-state index in [1.54, 1.807) is 16.9 Å². The number of thiazole rings is 1. The number of aromatic nitrogens is 3. The number of terminal acetylenes is 1. The van der Waals surface area contributed by atoms with E-state index in [0.717, 1.165) is 16.0 Å². The molecule has 3 rings (SSSR count). The minimum atomic E-state index is -0.383.